The molecule has 5 nitrogen and oxygen atoms in total. The maximum atomic E-state index is 14.1. The lowest BCUT2D eigenvalue weighted by Crippen LogP contribution is -2.49. The molecule has 1 saturated heterocycles. The van der Waals surface area contributed by atoms with E-state index in [4.69, 9.17) is 16.3 Å². The van der Waals surface area contributed by atoms with Crippen molar-refractivity contribution < 1.29 is 31.9 Å². The molecular formula is C21H17ClF4N2O3. The number of rotatable bonds is 1. The third kappa shape index (κ3) is 4.06. The molecule has 0 unspecified atom stereocenters. The molecular weight excluding hydrogens is 440 g/mol. The summed E-state index contributed by atoms with van der Waals surface area (Å²) >= 11 is 5.79. The highest BCUT2D eigenvalue weighted by atomic mass is 35.5. The molecule has 0 radical (unpaired) electrons. The van der Waals surface area contributed by atoms with Gasteiger partial charge in [0, 0.05) is 34.8 Å². The van der Waals surface area contributed by atoms with E-state index in [0.717, 1.165) is 6.07 Å². The van der Waals surface area contributed by atoms with E-state index >= 15 is 0 Å². The average Bonchev–Trinajstić information content (AvgIpc) is 3.05. The summed E-state index contributed by atoms with van der Waals surface area (Å²) in [5.74, 6) is -2.87. The van der Waals surface area contributed by atoms with Crippen LogP contribution in [0.1, 0.15) is 24.0 Å². The second-order valence-electron chi connectivity index (χ2n) is 7.65. The van der Waals surface area contributed by atoms with Gasteiger partial charge in [0.2, 0.25) is 0 Å². The minimum Gasteiger partial charge on any atom is -0.492 e. The summed E-state index contributed by atoms with van der Waals surface area (Å²) in [4.78, 5) is 26.1. The first-order valence-electron chi connectivity index (χ1n) is 9.49. The predicted molar refractivity (Wildman–Crippen MR) is 104 cm³/mol. The smallest absolute Gasteiger partial charge is 0.419 e. The normalized spacial score (nSPS) is 17.3. The van der Waals surface area contributed by atoms with Gasteiger partial charge in [-0.2, -0.15) is 13.2 Å². The van der Waals surface area contributed by atoms with Gasteiger partial charge in [-0.3, -0.25) is 9.59 Å². The summed E-state index contributed by atoms with van der Waals surface area (Å²) in [5.41, 5.74) is -1.26. The van der Waals surface area contributed by atoms with Crippen LogP contribution in [-0.4, -0.2) is 36.4 Å². The van der Waals surface area contributed by atoms with E-state index in [2.05, 4.69) is 5.32 Å². The van der Waals surface area contributed by atoms with Crippen molar-refractivity contribution in [3.63, 3.8) is 0 Å². The Morgan fingerprint density at radius 1 is 1.10 bits per heavy atom. The number of nitrogens with one attached hydrogen (secondary N) is 1. The Morgan fingerprint density at radius 3 is 2.35 bits per heavy atom. The highest BCUT2D eigenvalue weighted by molar-refractivity contribution is 6.39. The number of carbonyl (C=O) groups is 2. The van der Waals surface area contributed by atoms with E-state index in [-0.39, 0.29) is 25.4 Å². The predicted octanol–water partition coefficient (Wildman–Crippen LogP) is 4.39. The quantitative estimate of drug-likeness (QED) is 0.511. The molecule has 31 heavy (non-hydrogen) atoms. The van der Waals surface area contributed by atoms with Gasteiger partial charge in [0.15, 0.2) is 0 Å². The van der Waals surface area contributed by atoms with Crippen molar-refractivity contribution in [1.29, 1.82) is 0 Å². The third-order valence-corrected chi connectivity index (χ3v) is 6.01. The highest BCUT2D eigenvalue weighted by Crippen LogP contribution is 2.48. The molecule has 1 spiro atoms. The molecule has 0 bridgehead atoms. The van der Waals surface area contributed by atoms with Crippen LogP contribution in [0.15, 0.2) is 36.4 Å². The third-order valence-electron chi connectivity index (χ3n) is 5.75. The number of amides is 2. The minimum atomic E-state index is -4.81. The van der Waals surface area contributed by atoms with Crippen LogP contribution in [0.5, 0.6) is 5.75 Å². The van der Waals surface area contributed by atoms with Crippen LogP contribution in [0.2, 0.25) is 5.02 Å². The van der Waals surface area contributed by atoms with Crippen LogP contribution in [0.4, 0.5) is 23.2 Å². The van der Waals surface area contributed by atoms with E-state index in [9.17, 15) is 27.2 Å². The van der Waals surface area contributed by atoms with Crippen molar-refractivity contribution in [2.45, 2.75) is 24.4 Å². The van der Waals surface area contributed by atoms with E-state index in [1.807, 2.05) is 0 Å². The van der Waals surface area contributed by atoms with Gasteiger partial charge in [-0.15, -0.1) is 0 Å². The number of hydrogen-bond acceptors (Lipinski definition) is 3. The fourth-order valence-corrected chi connectivity index (χ4v) is 4.14. The first-order chi connectivity index (χ1) is 14.6. The molecule has 2 aromatic carbocycles. The standard InChI is InChI=1S/C21H17ClF4N2O3/c22-12-1-3-13(4-2-12)27-18(29)19(30)28-7-5-20(6-8-28)11-31-17-10-14(21(24,25)26)16(23)9-15(17)20/h1-4,9-10H,5-8,11H2,(H,27,29). The lowest BCUT2D eigenvalue weighted by molar-refractivity contribution is -0.144. The molecule has 4 rings (SSSR count). The number of alkyl halides is 3. The zero-order valence-electron chi connectivity index (χ0n) is 16.1. The van der Waals surface area contributed by atoms with Crippen molar-refractivity contribution in [1.82, 2.24) is 4.90 Å². The number of carbonyl (C=O) groups excluding carboxylic acids is 2. The van der Waals surface area contributed by atoms with Gasteiger partial charge in [-0.25, -0.2) is 4.39 Å². The van der Waals surface area contributed by atoms with Gasteiger partial charge in [0.1, 0.15) is 11.6 Å². The molecule has 2 aliphatic heterocycles. The van der Waals surface area contributed by atoms with Crippen molar-refractivity contribution in [3.05, 3.63) is 58.4 Å². The second-order valence-corrected chi connectivity index (χ2v) is 8.08. The van der Waals surface area contributed by atoms with Gasteiger partial charge in [0.05, 0.1) is 12.2 Å². The van der Waals surface area contributed by atoms with Crippen LogP contribution in [-0.2, 0) is 21.2 Å². The van der Waals surface area contributed by atoms with Gasteiger partial charge in [-0.1, -0.05) is 11.6 Å². The molecule has 1 N–H and O–H groups in total. The molecule has 2 aliphatic rings. The number of nitrogens with zero attached hydrogens (tertiary/aromatic N) is 1. The van der Waals surface area contributed by atoms with Gasteiger partial charge in [-0.05, 0) is 49.2 Å². The summed E-state index contributed by atoms with van der Waals surface area (Å²) in [5, 5.41) is 2.99. The van der Waals surface area contributed by atoms with Crippen LogP contribution in [0.3, 0.4) is 0 Å². The Labute approximate surface area is 179 Å². The topological polar surface area (TPSA) is 58.6 Å². The Kier molecular flexibility index (Phi) is 5.33. The van der Waals surface area contributed by atoms with Crippen LogP contribution in [0.25, 0.3) is 0 Å². The van der Waals surface area contributed by atoms with Crippen LogP contribution in [0, 0.1) is 5.82 Å². The van der Waals surface area contributed by atoms with Crippen molar-refractivity contribution in [2.24, 2.45) is 0 Å². The summed E-state index contributed by atoms with van der Waals surface area (Å²) < 4.78 is 58.4. The molecule has 0 aromatic heterocycles. The van der Waals surface area contributed by atoms with Gasteiger partial charge in [0.25, 0.3) is 0 Å². The van der Waals surface area contributed by atoms with E-state index < -0.39 is 34.8 Å². The highest BCUT2D eigenvalue weighted by Gasteiger charge is 2.46. The van der Waals surface area contributed by atoms with E-state index in [1.54, 1.807) is 24.3 Å². The Bertz CT molecular complexity index is 1030. The number of benzene rings is 2. The maximum Gasteiger partial charge on any atom is 0.419 e. The monoisotopic (exact) mass is 456 g/mol. The first kappa shape index (κ1) is 21.4. The number of fused-ring (bicyclic) bond motifs is 2. The SMILES string of the molecule is O=C(Nc1ccc(Cl)cc1)C(=O)N1CCC2(CC1)COc1cc(C(F)(F)F)c(F)cc12. The van der Waals surface area contributed by atoms with Gasteiger partial charge >= 0.3 is 18.0 Å². The number of halogens is 5. The van der Waals surface area contributed by atoms with Crippen LogP contribution < -0.4 is 10.1 Å². The number of anilines is 1. The van der Waals surface area contributed by atoms with Gasteiger partial charge < -0.3 is 15.0 Å². The Hall–Kier alpha value is -2.81. The number of likely N-dealkylation sites (tertiary alicyclic amines) is 1. The largest absolute Gasteiger partial charge is 0.492 e. The molecule has 0 aliphatic carbocycles. The fraction of sp³-hybridized carbons (Fsp3) is 0.333. The van der Waals surface area contributed by atoms with E-state index in [0.29, 0.717) is 35.2 Å². The maximum absolute atomic E-state index is 14.1. The van der Waals surface area contributed by atoms with Crippen molar-refractivity contribution in [2.75, 3.05) is 25.0 Å². The lowest BCUT2D eigenvalue weighted by Gasteiger charge is -2.38. The van der Waals surface area contributed by atoms with Crippen LogP contribution >= 0.6 is 11.6 Å². The van der Waals surface area contributed by atoms with Crippen molar-refractivity contribution in [3.8, 4) is 5.75 Å². The number of piperidine rings is 1. The summed E-state index contributed by atoms with van der Waals surface area (Å²) in [7, 11) is 0. The zero-order valence-corrected chi connectivity index (χ0v) is 16.8. The average molecular weight is 457 g/mol. The molecule has 1 fully saturated rings. The Balaban J connectivity index is 1.44. The van der Waals surface area contributed by atoms with Crippen molar-refractivity contribution >= 4 is 29.1 Å². The molecule has 0 saturated carbocycles. The summed E-state index contributed by atoms with van der Waals surface area (Å²) in [6.45, 7) is 0.485. The zero-order chi connectivity index (χ0) is 22.4. The number of hydrogen-bond donors (Lipinski definition) is 1. The second kappa shape index (κ2) is 7.71. The molecule has 0 atom stereocenters. The lowest BCUT2D eigenvalue weighted by atomic mass is 9.74. The molecule has 2 heterocycles. The molecule has 164 valence electrons. The molecule has 2 amide bonds. The van der Waals surface area contributed by atoms with E-state index in [1.165, 1.54) is 4.90 Å². The number of ether oxygens (including phenoxy) is 1. The Morgan fingerprint density at radius 2 is 1.74 bits per heavy atom. The first-order valence-corrected chi connectivity index (χ1v) is 9.87. The fourth-order valence-electron chi connectivity index (χ4n) is 4.01. The molecule has 2 aromatic rings. The minimum absolute atomic E-state index is 0.00832. The summed E-state index contributed by atoms with van der Waals surface area (Å²) in [6.07, 6.45) is -4.14. The summed E-state index contributed by atoms with van der Waals surface area (Å²) in [6, 6.07) is 7.86. The molecule has 10 heteroatoms.